The maximum absolute atomic E-state index is 12.9. The molecule has 0 aromatic heterocycles. The largest absolute Gasteiger partial charge is 0.592 e. The molecule has 1 aromatic rings. The molecule has 2 amide bonds. The molecule has 0 radical (unpaired) electrons. The topological polar surface area (TPSA) is 63.7 Å². The zero-order valence-corrected chi connectivity index (χ0v) is 17.7. The molecule has 2 saturated heterocycles. The second-order valence-electron chi connectivity index (χ2n) is 6.29. The summed E-state index contributed by atoms with van der Waals surface area (Å²) in [7, 11) is 0. The molecule has 2 aliphatic heterocycles. The molecular formula is C15H15Br2ClN2O3S. The van der Waals surface area contributed by atoms with Crippen LogP contribution < -0.4 is 0 Å². The summed E-state index contributed by atoms with van der Waals surface area (Å²) in [6.45, 7) is 3.67. The van der Waals surface area contributed by atoms with Gasteiger partial charge in [-0.2, -0.15) is 4.31 Å². The van der Waals surface area contributed by atoms with Crippen molar-refractivity contribution in [2.75, 3.05) is 0 Å². The van der Waals surface area contributed by atoms with E-state index < -0.39 is 30.9 Å². The molecule has 2 fully saturated rings. The van der Waals surface area contributed by atoms with Crippen LogP contribution in [0.15, 0.2) is 30.3 Å². The van der Waals surface area contributed by atoms with Crippen molar-refractivity contribution >= 4 is 66.6 Å². The third-order valence-corrected chi connectivity index (χ3v) is 8.74. The fraction of sp³-hybridized carbons (Fsp3) is 0.467. The van der Waals surface area contributed by atoms with E-state index in [0.29, 0.717) is 0 Å². The number of likely N-dealkylation sites (tertiary alicyclic amines) is 1. The van der Waals surface area contributed by atoms with E-state index >= 15 is 0 Å². The third-order valence-electron chi connectivity index (χ3n) is 4.30. The van der Waals surface area contributed by atoms with Crippen LogP contribution in [0.1, 0.15) is 19.4 Å². The van der Waals surface area contributed by atoms with E-state index in [1.165, 1.54) is 9.21 Å². The standard InChI is InChI=1S/C15H15Br2ClN2O3S/c1-14(2)10(20-12(18)15(16,17)13(20)22)11(21)19(24(14)23)8-9-6-4-3-5-7-9/h3-7,10,12H,8H2,1-2H3/t10-,12-,24?/m0/s1. The highest BCUT2D eigenvalue weighted by Crippen LogP contribution is 2.51. The SMILES string of the molecule is CC1(C)[C@@H](N2C(=O)C(Br)(Br)[C@H]2Cl)C(=O)N(Cc2ccccc2)[S+]1[O-]. The first-order chi connectivity index (χ1) is 11.1. The van der Waals surface area contributed by atoms with Crippen molar-refractivity contribution < 1.29 is 14.1 Å². The van der Waals surface area contributed by atoms with Gasteiger partial charge in [0.2, 0.25) is 0 Å². The lowest BCUT2D eigenvalue weighted by atomic mass is 9.96. The lowest BCUT2D eigenvalue weighted by molar-refractivity contribution is -0.152. The molecule has 2 heterocycles. The number of hydrogen-bond donors (Lipinski definition) is 0. The summed E-state index contributed by atoms with van der Waals surface area (Å²) >= 11 is 11.1. The Kier molecular flexibility index (Phi) is 4.75. The first-order valence-corrected chi connectivity index (χ1v) is 10.3. The Hall–Kier alpha value is -0.280. The minimum absolute atomic E-state index is 0.231. The maximum atomic E-state index is 12.9. The fourth-order valence-electron chi connectivity index (χ4n) is 2.97. The number of β-lactam (4-membered cyclic amide) rings is 1. The molecule has 3 atom stereocenters. The van der Waals surface area contributed by atoms with Crippen molar-refractivity contribution in [3.8, 4) is 0 Å². The summed E-state index contributed by atoms with van der Waals surface area (Å²) in [6.07, 6.45) is 0. The average Bonchev–Trinajstić information content (AvgIpc) is 2.70. The van der Waals surface area contributed by atoms with Gasteiger partial charge in [-0.1, -0.05) is 73.8 Å². The minimum atomic E-state index is -1.57. The van der Waals surface area contributed by atoms with Crippen LogP contribution in [-0.4, -0.2) is 45.1 Å². The maximum Gasteiger partial charge on any atom is 0.292 e. The van der Waals surface area contributed by atoms with E-state index in [0.717, 1.165) is 5.56 Å². The molecule has 0 N–H and O–H groups in total. The molecule has 0 aliphatic carbocycles. The summed E-state index contributed by atoms with van der Waals surface area (Å²) in [4.78, 5) is 26.6. The predicted molar refractivity (Wildman–Crippen MR) is 100 cm³/mol. The summed E-state index contributed by atoms with van der Waals surface area (Å²) in [5.41, 5.74) is 0.134. The van der Waals surface area contributed by atoms with Gasteiger partial charge < -0.3 is 9.45 Å². The molecule has 130 valence electrons. The van der Waals surface area contributed by atoms with Crippen molar-refractivity contribution in [3.05, 3.63) is 35.9 Å². The molecular weight excluding hydrogens is 484 g/mol. The lowest BCUT2D eigenvalue weighted by Crippen LogP contribution is -2.72. The van der Waals surface area contributed by atoms with E-state index in [9.17, 15) is 14.1 Å². The van der Waals surface area contributed by atoms with Gasteiger partial charge in [0, 0.05) is 0 Å². The number of amides is 2. The molecule has 3 rings (SSSR count). The van der Waals surface area contributed by atoms with Crippen LogP contribution in [-0.2, 0) is 27.5 Å². The highest BCUT2D eigenvalue weighted by Gasteiger charge is 2.70. The third kappa shape index (κ3) is 2.61. The Balaban J connectivity index is 1.89. The fourth-order valence-corrected chi connectivity index (χ4v) is 5.62. The summed E-state index contributed by atoms with van der Waals surface area (Å²) in [5, 5.41) is 0. The Morgan fingerprint density at radius 2 is 1.83 bits per heavy atom. The molecule has 1 aromatic carbocycles. The monoisotopic (exact) mass is 496 g/mol. The van der Waals surface area contributed by atoms with Crippen LogP contribution in [0.2, 0.25) is 0 Å². The molecule has 1 unspecified atom stereocenters. The minimum Gasteiger partial charge on any atom is -0.592 e. The average molecular weight is 499 g/mol. The van der Waals surface area contributed by atoms with E-state index in [1.54, 1.807) is 13.8 Å². The van der Waals surface area contributed by atoms with Gasteiger partial charge in [-0.15, -0.1) is 0 Å². The zero-order valence-electron chi connectivity index (χ0n) is 12.9. The number of halogens is 3. The Bertz CT molecular complexity index is 689. The first-order valence-electron chi connectivity index (χ1n) is 7.22. The number of carbonyl (C=O) groups is 2. The van der Waals surface area contributed by atoms with Crippen molar-refractivity contribution in [1.29, 1.82) is 0 Å². The van der Waals surface area contributed by atoms with Gasteiger partial charge in [0.1, 0.15) is 5.50 Å². The molecule has 0 bridgehead atoms. The summed E-state index contributed by atoms with van der Waals surface area (Å²) in [6, 6.07) is 8.47. The number of benzene rings is 1. The highest BCUT2D eigenvalue weighted by molar-refractivity contribution is 9.26. The van der Waals surface area contributed by atoms with Gasteiger partial charge >= 0.3 is 0 Å². The van der Waals surface area contributed by atoms with Crippen molar-refractivity contribution in [3.63, 3.8) is 0 Å². The Morgan fingerprint density at radius 1 is 1.25 bits per heavy atom. The number of carbonyl (C=O) groups excluding carboxylic acids is 2. The van der Waals surface area contributed by atoms with Crippen molar-refractivity contribution in [2.24, 2.45) is 0 Å². The van der Waals surface area contributed by atoms with Crippen LogP contribution in [0.25, 0.3) is 0 Å². The van der Waals surface area contributed by atoms with Crippen LogP contribution in [0.4, 0.5) is 0 Å². The smallest absolute Gasteiger partial charge is 0.292 e. The molecule has 2 aliphatic rings. The normalized spacial score (nSPS) is 31.3. The van der Waals surface area contributed by atoms with Crippen molar-refractivity contribution in [1.82, 2.24) is 9.21 Å². The number of rotatable bonds is 3. The predicted octanol–water partition coefficient (Wildman–Crippen LogP) is 2.73. The van der Waals surface area contributed by atoms with Gasteiger partial charge in [-0.3, -0.25) is 9.59 Å². The summed E-state index contributed by atoms with van der Waals surface area (Å²) < 4.78 is 12.2. The summed E-state index contributed by atoms with van der Waals surface area (Å²) in [5.74, 6) is -0.691. The Morgan fingerprint density at radius 3 is 2.38 bits per heavy atom. The van der Waals surface area contributed by atoms with Crippen LogP contribution in [0.5, 0.6) is 0 Å². The Labute approximate surface area is 165 Å². The van der Waals surface area contributed by atoms with Gasteiger partial charge in [-0.05, 0) is 19.4 Å². The molecule has 0 saturated carbocycles. The second kappa shape index (κ2) is 6.16. The molecule has 9 heteroatoms. The highest BCUT2D eigenvalue weighted by atomic mass is 79.9. The van der Waals surface area contributed by atoms with Crippen molar-refractivity contribution in [2.45, 2.75) is 39.9 Å². The van der Waals surface area contributed by atoms with E-state index in [1.807, 2.05) is 30.3 Å². The van der Waals surface area contributed by atoms with Crippen LogP contribution in [0.3, 0.4) is 0 Å². The van der Waals surface area contributed by atoms with E-state index in [4.69, 9.17) is 11.6 Å². The quantitative estimate of drug-likeness (QED) is 0.279. The van der Waals surface area contributed by atoms with Gasteiger partial charge in [0.25, 0.3) is 11.8 Å². The number of nitrogens with zero attached hydrogens (tertiary/aromatic N) is 2. The molecule has 5 nitrogen and oxygen atoms in total. The number of alkyl halides is 3. The van der Waals surface area contributed by atoms with E-state index in [2.05, 4.69) is 31.9 Å². The zero-order chi connectivity index (χ0) is 17.9. The van der Waals surface area contributed by atoms with Crippen LogP contribution >= 0.6 is 43.5 Å². The van der Waals surface area contributed by atoms with Gasteiger partial charge in [0.05, 0.1) is 17.9 Å². The second-order valence-corrected chi connectivity index (χ2v) is 12.3. The van der Waals surface area contributed by atoms with Crippen LogP contribution in [0, 0.1) is 0 Å². The lowest BCUT2D eigenvalue weighted by Gasteiger charge is -2.49. The molecule has 0 spiro atoms. The molecule has 24 heavy (non-hydrogen) atoms. The number of hydrogen-bond acceptors (Lipinski definition) is 3. The van der Waals surface area contributed by atoms with E-state index in [-0.39, 0.29) is 18.4 Å². The first kappa shape index (κ1) is 18.5. The van der Waals surface area contributed by atoms with Gasteiger partial charge in [0.15, 0.2) is 14.0 Å². The van der Waals surface area contributed by atoms with Gasteiger partial charge in [-0.25, -0.2) is 0 Å².